The maximum absolute atomic E-state index is 9.28. The Morgan fingerprint density at radius 1 is 1.30 bits per heavy atom. The lowest BCUT2D eigenvalue weighted by Crippen LogP contribution is -2.31. The summed E-state index contributed by atoms with van der Waals surface area (Å²) in [6, 6.07) is 5.30. The summed E-state index contributed by atoms with van der Waals surface area (Å²) in [4.78, 5) is 2.29. The van der Waals surface area contributed by atoms with Gasteiger partial charge in [0.2, 0.25) is 0 Å². The summed E-state index contributed by atoms with van der Waals surface area (Å²) in [7, 11) is 2.32. The Balaban J connectivity index is 2.03. The number of ether oxygens (including phenoxy) is 1. The zero-order chi connectivity index (χ0) is 14.5. The minimum absolute atomic E-state index is 0.509. The van der Waals surface area contributed by atoms with E-state index < -0.39 is 7.12 Å². The van der Waals surface area contributed by atoms with Crippen molar-refractivity contribution in [1.29, 1.82) is 0 Å². The van der Waals surface area contributed by atoms with E-state index in [0.29, 0.717) is 5.46 Å². The Morgan fingerprint density at radius 3 is 2.60 bits per heavy atom. The molecule has 1 aromatic carbocycles. The average Bonchev–Trinajstić information content (AvgIpc) is 2.91. The molecular formula is C15H24BNO3. The Bertz CT molecular complexity index is 433. The van der Waals surface area contributed by atoms with Crippen LogP contribution >= 0.6 is 0 Å². The number of nitrogens with zero attached hydrogens (tertiary/aromatic N) is 1. The molecule has 0 bridgehead atoms. The van der Waals surface area contributed by atoms with Gasteiger partial charge in [-0.25, -0.2) is 0 Å². The van der Waals surface area contributed by atoms with Crippen molar-refractivity contribution in [3.8, 4) is 5.75 Å². The molecule has 0 unspecified atom stereocenters. The smallest absolute Gasteiger partial charge is 0.488 e. The van der Waals surface area contributed by atoms with E-state index in [-0.39, 0.29) is 0 Å². The van der Waals surface area contributed by atoms with Gasteiger partial charge in [-0.2, -0.15) is 0 Å². The predicted octanol–water partition coefficient (Wildman–Crippen LogP) is 0.997. The summed E-state index contributed by atoms with van der Waals surface area (Å²) < 4.78 is 5.36. The maximum Gasteiger partial charge on any atom is 0.488 e. The van der Waals surface area contributed by atoms with Gasteiger partial charge in [0.05, 0.1) is 7.11 Å². The Labute approximate surface area is 121 Å². The number of hydrogen-bond donors (Lipinski definition) is 2. The van der Waals surface area contributed by atoms with E-state index in [1.54, 1.807) is 19.2 Å². The van der Waals surface area contributed by atoms with Gasteiger partial charge in [0, 0.05) is 18.7 Å². The summed E-state index contributed by atoms with van der Waals surface area (Å²) in [5, 5.41) is 18.6. The molecule has 0 spiro atoms. The van der Waals surface area contributed by atoms with Crippen molar-refractivity contribution in [2.24, 2.45) is 5.92 Å². The molecule has 110 valence electrons. The molecule has 0 saturated heterocycles. The van der Waals surface area contributed by atoms with Crippen molar-refractivity contribution < 1.29 is 14.8 Å². The van der Waals surface area contributed by atoms with Gasteiger partial charge >= 0.3 is 7.12 Å². The highest BCUT2D eigenvalue weighted by atomic mass is 16.5. The third-order valence-corrected chi connectivity index (χ3v) is 4.09. The van der Waals surface area contributed by atoms with E-state index in [9.17, 15) is 10.0 Å². The molecule has 5 heteroatoms. The fourth-order valence-electron chi connectivity index (χ4n) is 3.07. The summed E-state index contributed by atoms with van der Waals surface area (Å²) >= 11 is 0. The van der Waals surface area contributed by atoms with Crippen LogP contribution in [0, 0.1) is 5.92 Å². The highest BCUT2D eigenvalue weighted by Crippen LogP contribution is 2.26. The van der Waals surface area contributed by atoms with Gasteiger partial charge < -0.3 is 19.7 Å². The first-order valence-corrected chi connectivity index (χ1v) is 7.31. The lowest BCUT2D eigenvalue weighted by molar-refractivity contribution is 0.267. The zero-order valence-electron chi connectivity index (χ0n) is 12.4. The fraction of sp³-hybridized carbons (Fsp3) is 0.600. The SMILES string of the molecule is COc1ccc(B(O)O)cc1CN(C)CC1CCCC1. The van der Waals surface area contributed by atoms with Gasteiger partial charge in [-0.1, -0.05) is 25.0 Å². The van der Waals surface area contributed by atoms with Gasteiger partial charge in [-0.05, 0) is 37.3 Å². The van der Waals surface area contributed by atoms with E-state index in [0.717, 1.165) is 30.3 Å². The van der Waals surface area contributed by atoms with Gasteiger partial charge in [0.25, 0.3) is 0 Å². The van der Waals surface area contributed by atoms with Crippen LogP contribution in [-0.4, -0.2) is 42.8 Å². The fourth-order valence-corrected chi connectivity index (χ4v) is 3.07. The Hall–Kier alpha value is -1.04. The monoisotopic (exact) mass is 277 g/mol. The predicted molar refractivity (Wildman–Crippen MR) is 81.1 cm³/mol. The van der Waals surface area contributed by atoms with Crippen LogP contribution in [0.15, 0.2) is 18.2 Å². The molecule has 1 aliphatic rings. The van der Waals surface area contributed by atoms with Crippen molar-refractivity contribution >= 4 is 12.6 Å². The molecule has 2 N–H and O–H groups in total. The van der Waals surface area contributed by atoms with E-state index >= 15 is 0 Å². The lowest BCUT2D eigenvalue weighted by Gasteiger charge is -2.22. The molecule has 0 atom stereocenters. The standard InChI is InChI=1S/C15H24BNO3/c1-17(10-12-5-3-4-6-12)11-13-9-14(16(18)19)7-8-15(13)20-2/h7-9,12,18-19H,3-6,10-11H2,1-2H3. The van der Waals surface area contributed by atoms with Crippen LogP contribution in [0.25, 0.3) is 0 Å². The summed E-state index contributed by atoms with van der Waals surface area (Å²) in [5.74, 6) is 1.60. The molecule has 0 aromatic heterocycles. The highest BCUT2D eigenvalue weighted by molar-refractivity contribution is 6.58. The van der Waals surface area contributed by atoms with Crippen molar-refractivity contribution in [2.45, 2.75) is 32.2 Å². The minimum Gasteiger partial charge on any atom is -0.496 e. The van der Waals surface area contributed by atoms with Crippen LogP contribution in [0.3, 0.4) is 0 Å². The highest BCUT2D eigenvalue weighted by Gasteiger charge is 2.19. The normalized spacial score (nSPS) is 15.8. The van der Waals surface area contributed by atoms with Gasteiger partial charge in [0.1, 0.15) is 5.75 Å². The first-order chi connectivity index (χ1) is 9.60. The number of methoxy groups -OCH3 is 1. The number of benzene rings is 1. The third-order valence-electron chi connectivity index (χ3n) is 4.09. The molecule has 0 heterocycles. The van der Waals surface area contributed by atoms with E-state index in [1.807, 2.05) is 6.07 Å². The molecule has 0 amide bonds. The summed E-state index contributed by atoms with van der Waals surface area (Å²) in [6.07, 6.45) is 5.37. The van der Waals surface area contributed by atoms with Gasteiger partial charge in [-0.3, -0.25) is 0 Å². The maximum atomic E-state index is 9.28. The van der Waals surface area contributed by atoms with Crippen LogP contribution in [0.5, 0.6) is 5.75 Å². The van der Waals surface area contributed by atoms with Gasteiger partial charge in [-0.15, -0.1) is 0 Å². The van der Waals surface area contributed by atoms with Crippen molar-refractivity contribution in [1.82, 2.24) is 4.90 Å². The van der Waals surface area contributed by atoms with Gasteiger partial charge in [0.15, 0.2) is 0 Å². The third kappa shape index (κ3) is 3.98. The molecule has 1 aromatic rings. The second kappa shape index (κ2) is 7.11. The molecule has 2 rings (SSSR count). The molecule has 1 aliphatic carbocycles. The van der Waals surface area contributed by atoms with Crippen LogP contribution in [0.2, 0.25) is 0 Å². The van der Waals surface area contributed by atoms with E-state index in [2.05, 4.69) is 11.9 Å². The molecule has 0 radical (unpaired) electrons. The Kier molecular flexibility index (Phi) is 5.46. The van der Waals surface area contributed by atoms with Crippen LogP contribution in [-0.2, 0) is 6.54 Å². The Morgan fingerprint density at radius 2 is 2.00 bits per heavy atom. The van der Waals surface area contributed by atoms with Crippen molar-refractivity contribution in [3.05, 3.63) is 23.8 Å². The molecule has 0 aliphatic heterocycles. The zero-order valence-corrected chi connectivity index (χ0v) is 12.4. The second-order valence-corrected chi connectivity index (χ2v) is 5.79. The quantitative estimate of drug-likeness (QED) is 0.762. The second-order valence-electron chi connectivity index (χ2n) is 5.79. The molecule has 1 saturated carbocycles. The summed E-state index contributed by atoms with van der Waals surface area (Å²) in [6.45, 7) is 1.86. The largest absolute Gasteiger partial charge is 0.496 e. The molecular weight excluding hydrogens is 253 g/mol. The van der Waals surface area contributed by atoms with Crippen LogP contribution in [0.4, 0.5) is 0 Å². The van der Waals surface area contributed by atoms with Crippen LogP contribution in [0.1, 0.15) is 31.2 Å². The molecule has 1 fully saturated rings. The van der Waals surface area contributed by atoms with E-state index in [1.165, 1.54) is 25.7 Å². The number of hydrogen-bond acceptors (Lipinski definition) is 4. The average molecular weight is 277 g/mol. The van der Waals surface area contributed by atoms with Crippen molar-refractivity contribution in [3.63, 3.8) is 0 Å². The molecule has 4 nitrogen and oxygen atoms in total. The summed E-state index contributed by atoms with van der Waals surface area (Å²) in [5.41, 5.74) is 1.51. The number of rotatable bonds is 6. The molecule has 20 heavy (non-hydrogen) atoms. The first kappa shape index (κ1) is 15.4. The minimum atomic E-state index is -1.43. The first-order valence-electron chi connectivity index (χ1n) is 7.31. The topological polar surface area (TPSA) is 52.9 Å². The van der Waals surface area contributed by atoms with Crippen LogP contribution < -0.4 is 10.2 Å². The van der Waals surface area contributed by atoms with E-state index in [4.69, 9.17) is 4.74 Å². The lowest BCUT2D eigenvalue weighted by atomic mass is 9.79. The van der Waals surface area contributed by atoms with Crippen molar-refractivity contribution in [2.75, 3.05) is 20.7 Å².